The maximum atomic E-state index is 3.90. The molecule has 0 unspecified atom stereocenters. The second kappa shape index (κ2) is 36.5. The van der Waals surface area contributed by atoms with E-state index < -0.39 is 0 Å². The molecule has 3 heteroatoms. The molecule has 278 valence electrons. The van der Waals surface area contributed by atoms with E-state index in [1.165, 1.54) is 252 Å². The molecule has 0 aromatic carbocycles. The van der Waals surface area contributed by atoms with Crippen LogP contribution in [0.5, 0.6) is 0 Å². The molecule has 0 bridgehead atoms. The number of hydrogen-bond acceptors (Lipinski definition) is 1. The first-order valence-corrected chi connectivity index (χ1v) is 24.1. The lowest BCUT2D eigenvalue weighted by Crippen LogP contribution is -1.94. The van der Waals surface area contributed by atoms with E-state index >= 15 is 0 Å². The van der Waals surface area contributed by atoms with Gasteiger partial charge in [-0.2, -0.15) is 0 Å². The van der Waals surface area contributed by atoms with Crippen LogP contribution in [0.4, 0.5) is 0 Å². The number of rotatable bonds is 38. The number of unbranched alkanes of at least 4 members (excludes halogenated alkanes) is 34. The van der Waals surface area contributed by atoms with Crippen molar-refractivity contribution >= 4 is 43.2 Å². The first-order chi connectivity index (χ1) is 23.2. The average molecular weight is 803 g/mol. The highest BCUT2D eigenvalue weighted by Crippen LogP contribution is 2.39. The van der Waals surface area contributed by atoms with Crippen molar-refractivity contribution in [2.75, 3.05) is 0 Å². The lowest BCUT2D eigenvalue weighted by molar-refractivity contribution is 0.524. The molecular formula is C44H82Br2S. The maximum Gasteiger partial charge on any atom is 0.0745 e. The Morgan fingerprint density at radius 1 is 0.277 bits per heavy atom. The summed E-state index contributed by atoms with van der Waals surface area (Å²) in [5, 5.41) is 0. The van der Waals surface area contributed by atoms with E-state index in [1.54, 1.807) is 11.1 Å². The van der Waals surface area contributed by atoms with Gasteiger partial charge in [-0.1, -0.05) is 232 Å². The van der Waals surface area contributed by atoms with E-state index in [0.717, 1.165) is 0 Å². The van der Waals surface area contributed by atoms with Gasteiger partial charge < -0.3 is 0 Å². The molecule has 0 saturated heterocycles. The Morgan fingerprint density at radius 3 is 0.638 bits per heavy atom. The second-order valence-corrected chi connectivity index (χ2v) is 18.8. The van der Waals surface area contributed by atoms with Crippen molar-refractivity contribution in [2.45, 2.75) is 258 Å². The summed E-state index contributed by atoms with van der Waals surface area (Å²) in [6.07, 6.45) is 54.7. The zero-order valence-corrected chi connectivity index (χ0v) is 36.0. The van der Waals surface area contributed by atoms with Crippen molar-refractivity contribution in [1.29, 1.82) is 0 Å². The third-order valence-corrected chi connectivity index (χ3v) is 13.4. The summed E-state index contributed by atoms with van der Waals surface area (Å²) in [6.45, 7) is 4.62. The van der Waals surface area contributed by atoms with Crippen molar-refractivity contribution in [3.63, 3.8) is 0 Å². The van der Waals surface area contributed by atoms with E-state index in [1.807, 2.05) is 11.3 Å². The van der Waals surface area contributed by atoms with Gasteiger partial charge in [0.2, 0.25) is 0 Å². The average Bonchev–Trinajstić information content (AvgIpc) is 3.34. The topological polar surface area (TPSA) is 0 Å². The van der Waals surface area contributed by atoms with Crippen LogP contribution in [0.15, 0.2) is 7.57 Å². The number of hydrogen-bond donors (Lipinski definition) is 0. The lowest BCUT2D eigenvalue weighted by Gasteiger charge is -2.07. The zero-order chi connectivity index (χ0) is 33.9. The third kappa shape index (κ3) is 29.0. The Hall–Kier alpha value is 0.660. The first kappa shape index (κ1) is 45.7. The van der Waals surface area contributed by atoms with E-state index in [-0.39, 0.29) is 0 Å². The van der Waals surface area contributed by atoms with E-state index in [0.29, 0.717) is 0 Å². The van der Waals surface area contributed by atoms with Crippen LogP contribution in [0.2, 0.25) is 0 Å². The summed E-state index contributed by atoms with van der Waals surface area (Å²) >= 11 is 9.72. The number of halogens is 2. The standard InChI is InChI=1S/C44H82Br2S/c1-3-5-7-9-11-13-15-17-19-21-23-25-27-29-31-33-35-37-39-41-42(44(46)47-43(41)45)40-38-36-34-32-30-28-26-24-22-20-18-16-14-12-10-8-6-4-2/h3-40H2,1-2H3. The molecule has 0 saturated carbocycles. The van der Waals surface area contributed by atoms with Crippen LogP contribution in [-0.4, -0.2) is 0 Å². The minimum absolute atomic E-state index is 1.26. The van der Waals surface area contributed by atoms with Gasteiger partial charge in [0, 0.05) is 0 Å². The van der Waals surface area contributed by atoms with Crippen molar-refractivity contribution in [3.05, 3.63) is 18.7 Å². The monoisotopic (exact) mass is 800 g/mol. The number of thiophene rings is 1. The van der Waals surface area contributed by atoms with Crippen molar-refractivity contribution in [2.24, 2.45) is 0 Å². The molecule has 1 rings (SSSR count). The lowest BCUT2D eigenvalue weighted by atomic mass is 9.99. The first-order valence-electron chi connectivity index (χ1n) is 21.7. The van der Waals surface area contributed by atoms with Crippen molar-refractivity contribution in [3.8, 4) is 0 Å². The predicted molar refractivity (Wildman–Crippen MR) is 225 cm³/mol. The van der Waals surface area contributed by atoms with Crippen LogP contribution >= 0.6 is 43.2 Å². The molecule has 0 aliphatic rings. The van der Waals surface area contributed by atoms with Crippen LogP contribution in [0, 0.1) is 0 Å². The molecular weight excluding hydrogens is 720 g/mol. The molecule has 1 heterocycles. The molecule has 0 N–H and O–H groups in total. The molecule has 0 amide bonds. The van der Waals surface area contributed by atoms with Gasteiger partial charge in [0.1, 0.15) is 0 Å². The summed E-state index contributed by atoms with van der Waals surface area (Å²) in [5.41, 5.74) is 3.23. The van der Waals surface area contributed by atoms with Gasteiger partial charge in [-0.05, 0) is 68.7 Å². The summed E-state index contributed by atoms with van der Waals surface area (Å²) in [4.78, 5) is 0. The molecule has 1 aromatic rings. The summed E-state index contributed by atoms with van der Waals surface area (Å²) in [7, 11) is 0. The fraction of sp³-hybridized carbons (Fsp3) is 0.909. The highest BCUT2D eigenvalue weighted by Gasteiger charge is 2.14. The van der Waals surface area contributed by atoms with Gasteiger partial charge >= 0.3 is 0 Å². The Kier molecular flexibility index (Phi) is 35.4. The zero-order valence-electron chi connectivity index (χ0n) is 32.0. The normalized spacial score (nSPS) is 11.7. The molecule has 0 aliphatic heterocycles. The Labute approximate surface area is 317 Å². The van der Waals surface area contributed by atoms with Crippen LogP contribution in [0.3, 0.4) is 0 Å². The Bertz CT molecular complexity index is 696. The highest BCUT2D eigenvalue weighted by atomic mass is 79.9. The van der Waals surface area contributed by atoms with Crippen molar-refractivity contribution in [1.82, 2.24) is 0 Å². The van der Waals surface area contributed by atoms with Crippen LogP contribution < -0.4 is 0 Å². The predicted octanol–water partition coefficient (Wildman–Crippen LogP) is 18.4. The minimum Gasteiger partial charge on any atom is -0.121 e. The smallest absolute Gasteiger partial charge is 0.0745 e. The van der Waals surface area contributed by atoms with Crippen LogP contribution in [0.1, 0.15) is 256 Å². The molecule has 0 aliphatic carbocycles. The Balaban J connectivity index is 1.92. The maximum absolute atomic E-state index is 3.90. The SMILES string of the molecule is CCCCCCCCCCCCCCCCCCCCc1c(Br)sc(Br)c1CCCCCCCCCCCCCCCCCCCC. The van der Waals surface area contributed by atoms with E-state index in [2.05, 4.69) is 45.7 Å². The van der Waals surface area contributed by atoms with Gasteiger partial charge in [0.25, 0.3) is 0 Å². The molecule has 0 fully saturated rings. The van der Waals surface area contributed by atoms with Crippen molar-refractivity contribution < 1.29 is 0 Å². The third-order valence-electron chi connectivity index (χ3n) is 10.6. The minimum atomic E-state index is 1.26. The van der Waals surface area contributed by atoms with Gasteiger partial charge in [0.15, 0.2) is 0 Å². The summed E-state index contributed by atoms with van der Waals surface area (Å²) < 4.78 is 2.77. The fourth-order valence-electron chi connectivity index (χ4n) is 7.34. The summed E-state index contributed by atoms with van der Waals surface area (Å²) in [5.74, 6) is 0. The van der Waals surface area contributed by atoms with Gasteiger partial charge in [-0.15, -0.1) is 11.3 Å². The van der Waals surface area contributed by atoms with Gasteiger partial charge in [-0.3, -0.25) is 0 Å². The molecule has 0 atom stereocenters. The summed E-state index contributed by atoms with van der Waals surface area (Å²) in [6, 6.07) is 0. The second-order valence-electron chi connectivity index (χ2n) is 15.1. The fourth-order valence-corrected chi connectivity index (χ4v) is 10.7. The molecule has 0 spiro atoms. The van der Waals surface area contributed by atoms with Crippen LogP contribution in [-0.2, 0) is 12.8 Å². The van der Waals surface area contributed by atoms with E-state index in [4.69, 9.17) is 0 Å². The van der Waals surface area contributed by atoms with E-state index in [9.17, 15) is 0 Å². The highest BCUT2D eigenvalue weighted by molar-refractivity contribution is 9.12. The quantitative estimate of drug-likeness (QED) is 0.0584. The molecule has 1 aromatic heterocycles. The van der Waals surface area contributed by atoms with Gasteiger partial charge in [-0.25, -0.2) is 0 Å². The van der Waals surface area contributed by atoms with Gasteiger partial charge in [0.05, 0.1) is 7.57 Å². The molecule has 47 heavy (non-hydrogen) atoms. The Morgan fingerprint density at radius 2 is 0.447 bits per heavy atom. The molecule has 0 nitrogen and oxygen atoms in total. The largest absolute Gasteiger partial charge is 0.121 e. The van der Waals surface area contributed by atoms with Crippen LogP contribution in [0.25, 0.3) is 0 Å². The molecule has 0 radical (unpaired) electrons.